The second kappa shape index (κ2) is 12.1. The average molecular weight is 183 g/mol. The first-order valence-corrected chi connectivity index (χ1v) is 2.31. The van der Waals surface area contributed by atoms with Gasteiger partial charge >= 0.3 is 85.1 Å². The van der Waals surface area contributed by atoms with Crippen molar-refractivity contribution in [2.75, 3.05) is 0 Å². The molecular formula is H2Cl2Na2O4. The van der Waals surface area contributed by atoms with Crippen molar-refractivity contribution in [3.05, 3.63) is 0 Å². The first-order valence-electron chi connectivity index (χ1n) is 0.772. The van der Waals surface area contributed by atoms with E-state index in [4.69, 9.17) is 14.0 Å². The molecule has 0 spiro atoms. The van der Waals surface area contributed by atoms with E-state index in [0.29, 0.717) is 0 Å². The summed E-state index contributed by atoms with van der Waals surface area (Å²) in [4.78, 5) is 0. The summed E-state index contributed by atoms with van der Waals surface area (Å²) < 4.78 is 30.4. The Hall–Kier alpha value is 2.42. The molecule has 0 fully saturated rings. The molecule has 4 nitrogen and oxygen atoms in total. The summed E-state index contributed by atoms with van der Waals surface area (Å²) in [6.07, 6.45) is 0. The Morgan fingerprint density at radius 2 is 1.75 bits per heavy atom. The third kappa shape index (κ3) is 15.8. The van der Waals surface area contributed by atoms with Crippen molar-refractivity contribution in [1.29, 1.82) is 0 Å². The molecule has 0 aliphatic carbocycles. The molecule has 0 unspecified atom stereocenters. The summed E-state index contributed by atoms with van der Waals surface area (Å²) in [6, 6.07) is 0. The largest absolute Gasteiger partial charge is 1.00 e. The maximum Gasteiger partial charge on any atom is 1.00 e. The molecule has 0 aliphatic rings. The molecule has 0 aliphatic heterocycles. The number of hydrogen-bond acceptors (Lipinski definition) is 4. The molecule has 0 N–H and O–H groups in total. The molecule has 0 saturated heterocycles. The Labute approximate surface area is 101 Å². The molecule has 0 bridgehead atoms. The van der Waals surface area contributed by atoms with E-state index >= 15 is 0 Å². The van der Waals surface area contributed by atoms with Gasteiger partial charge in [0.2, 0.25) is 0 Å². The van der Waals surface area contributed by atoms with Crippen LogP contribution in [0.15, 0.2) is 0 Å². The van der Waals surface area contributed by atoms with Crippen LogP contribution in [0.4, 0.5) is 0 Å². The van der Waals surface area contributed by atoms with Crippen LogP contribution in [-0.4, -0.2) is 0 Å². The van der Waals surface area contributed by atoms with Gasteiger partial charge in [-0.1, -0.05) is 0 Å². The molecule has 0 heterocycles. The van der Waals surface area contributed by atoms with Gasteiger partial charge in [0.15, 0.2) is 0 Å². The Morgan fingerprint density at radius 3 is 1.75 bits per heavy atom. The standard InChI is InChI=1S/Cl2O4.2Na.2H/c3-1-6-2(4)5;;;;/q;2*+1;2*-1. The topological polar surface area (TPSA) is 78.4 Å². The van der Waals surface area contributed by atoms with Gasteiger partial charge in [-0.25, -0.2) is 0 Å². The van der Waals surface area contributed by atoms with E-state index in [1.807, 2.05) is 0 Å². The van der Waals surface area contributed by atoms with Crippen LogP contribution in [0.1, 0.15) is 2.85 Å². The summed E-state index contributed by atoms with van der Waals surface area (Å²) in [5.74, 6) is 0. The van der Waals surface area contributed by atoms with Crippen LogP contribution in [0.25, 0.3) is 0 Å². The van der Waals surface area contributed by atoms with Crippen molar-refractivity contribution >= 4 is 0 Å². The minimum absolute atomic E-state index is 0. The first-order chi connectivity index (χ1) is 2.77. The SMILES string of the molecule is [H-].[H-].[Na+].[Na+].[O-][Cl+]O[Cl+2]([O-])[O-]. The molecule has 0 aromatic carbocycles. The van der Waals surface area contributed by atoms with Crippen LogP contribution in [0.5, 0.6) is 0 Å². The monoisotopic (exact) mass is 182 g/mol. The van der Waals surface area contributed by atoms with Crippen LogP contribution in [0.3, 0.4) is 0 Å². The summed E-state index contributed by atoms with van der Waals surface area (Å²) in [5.41, 5.74) is 0. The van der Waals surface area contributed by atoms with Gasteiger partial charge in [0.25, 0.3) is 0 Å². The van der Waals surface area contributed by atoms with Gasteiger partial charge in [-0.2, -0.15) is 0 Å². The molecule has 0 atom stereocenters. The number of hydrogen-bond donors (Lipinski definition) is 0. The molecule has 0 aromatic rings. The van der Waals surface area contributed by atoms with E-state index in [0.717, 1.165) is 0 Å². The molecule has 0 amide bonds. The van der Waals surface area contributed by atoms with Gasteiger partial charge in [0.05, 0.1) is 0 Å². The molecule has 0 rings (SSSR count). The predicted molar refractivity (Wildman–Crippen MR) is 3.31 cm³/mol. The smallest absolute Gasteiger partial charge is 1.00 e. The summed E-state index contributed by atoms with van der Waals surface area (Å²) in [5, 5.41) is 0. The Kier molecular flexibility index (Phi) is 25.5. The molecule has 0 radical (unpaired) electrons. The molecule has 8 heavy (non-hydrogen) atoms. The van der Waals surface area contributed by atoms with E-state index in [9.17, 15) is 0 Å². The molecule has 0 aromatic heterocycles. The van der Waals surface area contributed by atoms with Crippen molar-refractivity contribution in [2.24, 2.45) is 0 Å². The third-order valence-electron chi connectivity index (χ3n) is 0.0714. The van der Waals surface area contributed by atoms with E-state index in [1.54, 1.807) is 0 Å². The summed E-state index contributed by atoms with van der Waals surface area (Å²) in [6.45, 7) is 0. The third-order valence-corrected chi connectivity index (χ3v) is 0.643. The van der Waals surface area contributed by atoms with E-state index in [-0.39, 0.29) is 73.3 Å². The fourth-order valence-corrected chi connectivity index (χ4v) is 0.175. The Balaban J connectivity index is -0.0000000208. The van der Waals surface area contributed by atoms with Gasteiger partial charge < -0.3 is 16.8 Å². The molecular weight excluding hydrogens is 181 g/mol. The van der Waals surface area contributed by atoms with Crippen LogP contribution in [0.2, 0.25) is 0 Å². The van der Waals surface area contributed by atoms with E-state index in [1.165, 1.54) is 0 Å². The minimum atomic E-state index is -2.40. The van der Waals surface area contributed by atoms with Gasteiger partial charge in [-0.3, -0.25) is 0 Å². The fourth-order valence-electron chi connectivity index (χ4n) is 0.0194. The van der Waals surface area contributed by atoms with Gasteiger partial charge in [-0.15, -0.1) is 0 Å². The van der Waals surface area contributed by atoms with Gasteiger partial charge in [-0.05, 0) is 0 Å². The van der Waals surface area contributed by atoms with Crippen LogP contribution >= 0.6 is 0 Å². The van der Waals surface area contributed by atoms with Crippen LogP contribution < -0.4 is 73.1 Å². The second-order valence-corrected chi connectivity index (χ2v) is 1.28. The second-order valence-electron chi connectivity index (χ2n) is 0.310. The van der Waals surface area contributed by atoms with Crippen LogP contribution in [0, 0.1) is 22.1 Å². The van der Waals surface area contributed by atoms with Crippen molar-refractivity contribution in [2.45, 2.75) is 0 Å². The zero-order valence-corrected chi connectivity index (χ0v) is 9.90. The zero-order valence-electron chi connectivity index (χ0n) is 6.39. The van der Waals surface area contributed by atoms with Gasteiger partial charge in [0, 0.05) is 0 Å². The van der Waals surface area contributed by atoms with E-state index < -0.39 is 10.8 Å². The summed E-state index contributed by atoms with van der Waals surface area (Å²) >= 11 is -0.0836. The van der Waals surface area contributed by atoms with Crippen molar-refractivity contribution in [3.8, 4) is 0 Å². The van der Waals surface area contributed by atoms with E-state index in [2.05, 4.69) is 3.84 Å². The maximum absolute atomic E-state index is 9.11. The minimum Gasteiger partial charge on any atom is -1.00 e. The quantitative estimate of drug-likeness (QED) is 0.398. The predicted octanol–water partition coefficient (Wildman–Crippen LogP) is -9.40. The average Bonchev–Trinajstić information content (AvgIpc) is 1.35. The van der Waals surface area contributed by atoms with Crippen molar-refractivity contribution < 1.29 is 102 Å². The fraction of sp³-hybridized carbons (Fsp3) is 0. The van der Waals surface area contributed by atoms with Gasteiger partial charge in [0.1, 0.15) is 0 Å². The Morgan fingerprint density at radius 1 is 1.38 bits per heavy atom. The zero-order chi connectivity index (χ0) is 4.99. The number of rotatable bonds is 2. The van der Waals surface area contributed by atoms with Crippen molar-refractivity contribution in [3.63, 3.8) is 0 Å². The Bertz CT molecular complexity index is 40.4. The first kappa shape index (κ1) is 16.8. The molecule has 8 heteroatoms. The number of halogens is 2. The molecule has 42 valence electrons. The van der Waals surface area contributed by atoms with Crippen molar-refractivity contribution in [1.82, 2.24) is 0 Å². The van der Waals surface area contributed by atoms with Crippen LogP contribution in [-0.2, 0) is 3.84 Å². The normalized spacial score (nSPS) is 7.50. The molecule has 0 saturated carbocycles. The summed E-state index contributed by atoms with van der Waals surface area (Å²) in [7, 11) is -2.40. The maximum atomic E-state index is 9.11.